The Bertz CT molecular complexity index is 1850. The number of nitrogens with zero attached hydrogens (tertiary/aromatic N) is 2. The highest BCUT2D eigenvalue weighted by molar-refractivity contribution is 9.10. The fourth-order valence-electron chi connectivity index (χ4n) is 9.54. The number of benzene rings is 3. The van der Waals surface area contributed by atoms with Crippen LogP contribution in [0.3, 0.4) is 0 Å². The molecule has 0 aliphatic carbocycles. The predicted octanol–water partition coefficient (Wildman–Crippen LogP) is 5.53. The van der Waals surface area contributed by atoms with Gasteiger partial charge >= 0.3 is 0 Å². The number of methoxy groups -OCH3 is 1. The third kappa shape index (κ3) is 6.97. The van der Waals surface area contributed by atoms with Gasteiger partial charge in [0.25, 0.3) is 5.91 Å². The van der Waals surface area contributed by atoms with E-state index in [1.807, 2.05) is 64.4 Å². The second kappa shape index (κ2) is 15.3. The number of aliphatic hydroxyl groups excluding tert-OH is 1. The summed E-state index contributed by atoms with van der Waals surface area (Å²) in [6, 6.07) is 21.7. The quantitative estimate of drug-likeness (QED) is 0.231. The molecule has 0 saturated carbocycles. The van der Waals surface area contributed by atoms with E-state index in [-0.39, 0.29) is 54.2 Å². The number of hydrogen-bond acceptors (Lipinski definition) is 7. The number of piperidine rings is 1. The number of hydrogen-bond donors (Lipinski definition) is 3. The second-order valence-corrected chi connectivity index (χ2v) is 21.3. The minimum Gasteiger partial charge on any atom is -0.497 e. The molecule has 0 aromatic heterocycles. The number of halogens is 1. The minimum absolute atomic E-state index is 0.00319. The Morgan fingerprint density at radius 3 is 2.60 bits per heavy atom. The van der Waals surface area contributed by atoms with Gasteiger partial charge in [-0.05, 0) is 85.8 Å². The van der Waals surface area contributed by atoms with Crippen molar-refractivity contribution in [1.82, 2.24) is 10.2 Å². The molecule has 3 amide bonds. The van der Waals surface area contributed by atoms with Crippen molar-refractivity contribution in [2.75, 3.05) is 43.6 Å². The molecule has 6 atom stereocenters. The topological polar surface area (TPSA) is 120 Å². The fraction of sp³-hybridized carbons (Fsp3) is 0.488. The number of ether oxygens (including phenoxy) is 2. The molecule has 12 heteroatoms. The van der Waals surface area contributed by atoms with E-state index in [1.165, 1.54) is 5.19 Å². The van der Waals surface area contributed by atoms with Crippen LogP contribution in [0.4, 0.5) is 11.4 Å². The van der Waals surface area contributed by atoms with Gasteiger partial charge in [-0.15, -0.1) is 0 Å². The van der Waals surface area contributed by atoms with Gasteiger partial charge in [0.2, 0.25) is 11.8 Å². The van der Waals surface area contributed by atoms with Crippen LogP contribution in [-0.2, 0) is 31.3 Å². The van der Waals surface area contributed by atoms with Crippen LogP contribution in [0.25, 0.3) is 0 Å². The van der Waals surface area contributed by atoms with E-state index >= 15 is 4.79 Å². The van der Waals surface area contributed by atoms with Crippen LogP contribution in [0, 0.1) is 11.8 Å². The van der Waals surface area contributed by atoms with E-state index < -0.39 is 19.8 Å². The summed E-state index contributed by atoms with van der Waals surface area (Å²) in [6.45, 7) is 9.20. The molecule has 282 valence electrons. The summed E-state index contributed by atoms with van der Waals surface area (Å²) in [5.41, 5.74) is 1.75. The normalized spacial score (nSPS) is 27.0. The zero-order chi connectivity index (χ0) is 37.5. The molecule has 0 radical (unpaired) electrons. The molecule has 1 spiro atoms. The molecule has 0 bridgehead atoms. The van der Waals surface area contributed by atoms with Gasteiger partial charge in [0, 0.05) is 34.7 Å². The molecule has 3 N–H and O–H groups in total. The number of fused-ring (bicyclic) bond motifs is 2. The first-order valence-corrected chi connectivity index (χ1v) is 22.8. The fourth-order valence-corrected chi connectivity index (χ4v) is 13.9. The van der Waals surface area contributed by atoms with Gasteiger partial charge in [0.1, 0.15) is 5.75 Å². The van der Waals surface area contributed by atoms with Gasteiger partial charge in [0.15, 0.2) is 5.60 Å². The molecular formula is C41H51BrN4O6Si. The van der Waals surface area contributed by atoms with Crippen molar-refractivity contribution in [2.45, 2.75) is 82.0 Å². The Morgan fingerprint density at radius 1 is 1.09 bits per heavy atom. The maximum absolute atomic E-state index is 15.2. The Balaban J connectivity index is 1.24. The highest BCUT2D eigenvalue weighted by atomic mass is 79.9. The van der Waals surface area contributed by atoms with Gasteiger partial charge in [-0.25, -0.2) is 0 Å². The van der Waals surface area contributed by atoms with Gasteiger partial charge in [-0.2, -0.15) is 0 Å². The van der Waals surface area contributed by atoms with E-state index in [9.17, 15) is 14.7 Å². The van der Waals surface area contributed by atoms with E-state index in [0.29, 0.717) is 25.3 Å². The van der Waals surface area contributed by atoms with Crippen LogP contribution in [-0.4, -0.2) is 81.3 Å². The molecule has 4 heterocycles. The lowest BCUT2D eigenvalue weighted by Gasteiger charge is -2.37. The van der Waals surface area contributed by atoms with Gasteiger partial charge < -0.3 is 35.0 Å². The number of nitrogens with one attached hydrogen (secondary N) is 2. The number of likely N-dealkylation sites (tertiary alicyclic amines) is 1. The Hall–Kier alpha value is -3.55. The molecule has 7 rings (SSSR count). The first-order valence-electron chi connectivity index (χ1n) is 18.9. The highest BCUT2D eigenvalue weighted by Gasteiger charge is 2.66. The number of carbonyl (C=O) groups is 3. The second-order valence-electron chi connectivity index (χ2n) is 15.7. The molecule has 3 aromatic rings. The van der Waals surface area contributed by atoms with Crippen molar-refractivity contribution in [1.29, 1.82) is 0 Å². The molecule has 53 heavy (non-hydrogen) atoms. The number of anilines is 2. The average Bonchev–Trinajstić information content (AvgIpc) is 3.82. The van der Waals surface area contributed by atoms with Gasteiger partial charge in [0.05, 0.1) is 58.5 Å². The maximum atomic E-state index is 15.2. The SMILES string of the molecule is COc1ccc([Si](C)(C)[C@H]2[C@H](CC(=O)N3CCC[C@H]3CO)O[C@@]3(C(=O)N(Cc4cccc(NC(=O)C5CCCNC5)c4)c4ccc(Br)cc43)[C@@H]2C)cc1. The van der Waals surface area contributed by atoms with Gasteiger partial charge in [-0.1, -0.05) is 65.4 Å². The largest absolute Gasteiger partial charge is 0.497 e. The molecule has 3 aromatic carbocycles. The van der Waals surface area contributed by atoms with Gasteiger partial charge in [-0.3, -0.25) is 14.4 Å². The molecule has 1 unspecified atom stereocenters. The third-order valence-electron chi connectivity index (χ3n) is 12.3. The smallest absolute Gasteiger partial charge is 0.264 e. The number of amides is 3. The summed E-state index contributed by atoms with van der Waals surface area (Å²) in [4.78, 5) is 46.0. The van der Waals surface area contributed by atoms with Crippen molar-refractivity contribution in [3.8, 4) is 5.75 Å². The first-order chi connectivity index (χ1) is 25.5. The first kappa shape index (κ1) is 37.7. The van der Waals surface area contributed by atoms with E-state index in [1.54, 1.807) is 7.11 Å². The lowest BCUT2D eigenvalue weighted by Crippen LogP contribution is -2.52. The molecule has 3 fully saturated rings. The molecule has 4 aliphatic heterocycles. The Morgan fingerprint density at radius 2 is 1.89 bits per heavy atom. The maximum Gasteiger partial charge on any atom is 0.264 e. The summed E-state index contributed by atoms with van der Waals surface area (Å²) in [5.74, 6) is 0.253. The Labute approximate surface area is 321 Å². The summed E-state index contributed by atoms with van der Waals surface area (Å²) < 4.78 is 13.5. The summed E-state index contributed by atoms with van der Waals surface area (Å²) in [7, 11) is -0.804. The summed E-state index contributed by atoms with van der Waals surface area (Å²) in [5, 5.41) is 17.7. The van der Waals surface area contributed by atoms with Crippen LogP contribution < -0.4 is 25.5 Å². The summed E-state index contributed by atoms with van der Waals surface area (Å²) in [6.07, 6.45) is 3.08. The van der Waals surface area contributed by atoms with Crippen LogP contribution in [0.5, 0.6) is 5.75 Å². The van der Waals surface area contributed by atoms with Crippen LogP contribution in [0.1, 0.15) is 50.2 Å². The zero-order valence-electron chi connectivity index (χ0n) is 31.1. The molecular weight excluding hydrogens is 752 g/mol. The van der Waals surface area contributed by atoms with Crippen molar-refractivity contribution >= 4 is 58.3 Å². The number of carbonyl (C=O) groups excluding carboxylic acids is 3. The molecule has 4 aliphatic rings. The molecule has 10 nitrogen and oxygen atoms in total. The van der Waals surface area contributed by atoms with E-state index in [0.717, 1.165) is 59.3 Å². The minimum atomic E-state index is -2.46. The third-order valence-corrected chi connectivity index (χ3v) is 17.1. The van der Waals surface area contributed by atoms with Crippen LogP contribution in [0.15, 0.2) is 71.2 Å². The van der Waals surface area contributed by atoms with Crippen molar-refractivity contribution in [2.24, 2.45) is 11.8 Å². The number of aliphatic hydroxyl groups is 1. The number of rotatable bonds is 10. The van der Waals surface area contributed by atoms with Crippen molar-refractivity contribution in [3.63, 3.8) is 0 Å². The molecule has 3 saturated heterocycles. The van der Waals surface area contributed by atoms with Crippen LogP contribution in [0.2, 0.25) is 18.6 Å². The Kier molecular flexibility index (Phi) is 10.9. The van der Waals surface area contributed by atoms with Crippen molar-refractivity contribution < 1.29 is 29.0 Å². The standard InChI is InChI=1S/C41H51BrN4O6Si/c1-26-38(53(3,4)33-15-13-32(51-2)14-16-33)36(22-37(48)45-19-7-11-31(45)25-47)52-41(26)34-21-29(42)12-17-35(34)46(40(41)50)24-27-8-5-10-30(20-27)44-39(49)28-9-6-18-43-23-28/h5,8,10,12-17,20-21,26,28,31,36,38,43,47H,6-7,9,11,18-19,22-25H2,1-4H3,(H,44,49)/t26-,28?,31+,36+,38-,41+/m1/s1. The summed E-state index contributed by atoms with van der Waals surface area (Å²) >= 11 is 3.69. The lowest BCUT2D eigenvalue weighted by molar-refractivity contribution is -0.150. The van der Waals surface area contributed by atoms with Crippen LogP contribution >= 0.6 is 15.9 Å². The van der Waals surface area contributed by atoms with Crippen molar-refractivity contribution in [3.05, 3.63) is 82.3 Å². The highest BCUT2D eigenvalue weighted by Crippen LogP contribution is 2.60. The monoisotopic (exact) mass is 802 g/mol. The lowest BCUT2D eigenvalue weighted by atomic mass is 9.82. The van der Waals surface area contributed by atoms with E-state index in [4.69, 9.17) is 9.47 Å². The predicted molar refractivity (Wildman–Crippen MR) is 212 cm³/mol. The zero-order valence-corrected chi connectivity index (χ0v) is 33.7. The average molecular weight is 804 g/mol. The van der Waals surface area contributed by atoms with E-state index in [2.05, 4.69) is 58.7 Å².